The Morgan fingerprint density at radius 2 is 1.91 bits per heavy atom. The SMILES string of the molecule is CC(C)N1CCC[C@@]1(C)/C(C#N)=C\N=[SH](=O)\NC(=O)Cc1c2c(cc3c1CCC3)CCC2. The first-order valence-corrected chi connectivity index (χ1v) is 13.0. The molecule has 1 N–H and O–H groups in total. The van der Waals surface area contributed by atoms with Crippen LogP contribution >= 0.6 is 0 Å². The number of nitriles is 1. The molecule has 1 aromatic rings. The summed E-state index contributed by atoms with van der Waals surface area (Å²) in [7, 11) is -2.30. The van der Waals surface area contributed by atoms with Gasteiger partial charge in [0.25, 0.3) is 0 Å². The van der Waals surface area contributed by atoms with Gasteiger partial charge in [-0.3, -0.25) is 14.4 Å². The maximum Gasteiger partial charge on any atom is 0.236 e. The van der Waals surface area contributed by atoms with E-state index in [0.717, 1.165) is 63.5 Å². The fourth-order valence-corrected chi connectivity index (χ4v) is 6.55. The minimum absolute atomic E-state index is 0.257. The van der Waals surface area contributed by atoms with Gasteiger partial charge in [-0.05, 0) is 106 Å². The normalized spacial score (nSPS) is 23.9. The minimum Gasteiger partial charge on any atom is -0.291 e. The fourth-order valence-electron chi connectivity index (χ4n) is 5.98. The van der Waals surface area contributed by atoms with E-state index in [-0.39, 0.29) is 12.3 Å². The van der Waals surface area contributed by atoms with Gasteiger partial charge in [-0.15, -0.1) is 0 Å². The summed E-state index contributed by atoms with van der Waals surface area (Å²) in [4.78, 5) is 15.0. The summed E-state index contributed by atoms with van der Waals surface area (Å²) in [6.07, 6.45) is 10.1. The van der Waals surface area contributed by atoms with Crippen LogP contribution in [0.3, 0.4) is 0 Å². The van der Waals surface area contributed by atoms with Crippen LogP contribution in [-0.2, 0) is 47.7 Å². The van der Waals surface area contributed by atoms with Gasteiger partial charge in [0.05, 0.1) is 29.8 Å². The molecule has 1 unspecified atom stereocenters. The van der Waals surface area contributed by atoms with Crippen molar-refractivity contribution in [2.75, 3.05) is 6.54 Å². The first-order valence-electron chi connectivity index (χ1n) is 11.8. The number of aryl methyl sites for hydroxylation is 2. The molecule has 0 spiro atoms. The fraction of sp³-hybridized carbons (Fsp3) is 0.600. The summed E-state index contributed by atoms with van der Waals surface area (Å²) < 4.78 is 19.2. The van der Waals surface area contributed by atoms with Gasteiger partial charge in [-0.2, -0.15) is 9.62 Å². The van der Waals surface area contributed by atoms with Crippen LogP contribution in [0.2, 0.25) is 0 Å². The predicted octanol–water partition coefficient (Wildman–Crippen LogP) is 3.57. The van der Waals surface area contributed by atoms with Crippen molar-refractivity contribution >= 4 is 16.7 Å². The Balaban J connectivity index is 1.49. The zero-order valence-corrected chi connectivity index (χ0v) is 20.3. The average Bonchev–Trinajstić information content (AvgIpc) is 3.47. The summed E-state index contributed by atoms with van der Waals surface area (Å²) in [6.45, 7) is 7.22. The molecule has 172 valence electrons. The summed E-state index contributed by atoms with van der Waals surface area (Å²) in [5, 5.41) is 9.73. The highest BCUT2D eigenvalue weighted by molar-refractivity contribution is 7.73. The molecule has 2 aliphatic carbocycles. The molecule has 1 aliphatic heterocycles. The molecule has 1 amide bonds. The van der Waals surface area contributed by atoms with E-state index in [0.29, 0.717) is 11.6 Å². The molecule has 3 aliphatic rings. The van der Waals surface area contributed by atoms with Crippen molar-refractivity contribution in [3.05, 3.63) is 45.7 Å². The number of nitrogens with zero attached hydrogens (tertiary/aromatic N) is 3. The highest BCUT2D eigenvalue weighted by Gasteiger charge is 2.41. The number of hydrogen-bond donors (Lipinski definition) is 2. The van der Waals surface area contributed by atoms with Gasteiger partial charge >= 0.3 is 0 Å². The second-order valence-corrected chi connectivity index (χ2v) is 10.8. The molecule has 32 heavy (non-hydrogen) atoms. The van der Waals surface area contributed by atoms with Crippen LogP contribution in [-0.4, -0.2) is 33.1 Å². The Hall–Kier alpha value is -2.17. The van der Waals surface area contributed by atoms with Crippen molar-refractivity contribution in [2.45, 2.75) is 90.1 Å². The van der Waals surface area contributed by atoms with Gasteiger partial charge < -0.3 is 0 Å². The Morgan fingerprint density at radius 3 is 2.50 bits per heavy atom. The Labute approximate surface area is 193 Å². The zero-order valence-electron chi connectivity index (χ0n) is 19.4. The van der Waals surface area contributed by atoms with Gasteiger partial charge in [-0.1, -0.05) is 6.07 Å². The van der Waals surface area contributed by atoms with E-state index in [2.05, 4.69) is 40.0 Å². The number of amides is 1. The molecule has 0 aromatic heterocycles. The predicted molar refractivity (Wildman–Crippen MR) is 127 cm³/mol. The molecule has 0 radical (unpaired) electrons. The third-order valence-electron chi connectivity index (χ3n) is 7.47. The number of carbonyl (C=O) groups excluding carboxylic acids is 1. The molecule has 1 fully saturated rings. The lowest BCUT2D eigenvalue weighted by atomic mass is 9.89. The van der Waals surface area contributed by atoms with Crippen molar-refractivity contribution < 1.29 is 9.00 Å². The standard InChI is InChI=1S/C25H34N4O2S/c1-17(2)29-12-6-11-25(29,3)20(15-26)16-27-32(31)28-24(30)14-23-21-9-4-7-18(21)13-19-8-5-10-22(19)23/h13,16-17,32H,4-12,14H2,1-3H3,(H,27,28,30,31)/b20-16-/t25-/m0/s1. The average molecular weight is 455 g/mol. The zero-order chi connectivity index (χ0) is 22.9. The molecular formula is C25H34N4O2S. The molecule has 1 heterocycles. The van der Waals surface area contributed by atoms with Crippen molar-refractivity contribution in [3.63, 3.8) is 0 Å². The van der Waals surface area contributed by atoms with Crippen LogP contribution in [0.15, 0.2) is 22.2 Å². The van der Waals surface area contributed by atoms with Crippen LogP contribution in [0, 0.1) is 11.3 Å². The Morgan fingerprint density at radius 1 is 1.25 bits per heavy atom. The smallest absolute Gasteiger partial charge is 0.236 e. The maximum atomic E-state index is 12.7. The first-order chi connectivity index (χ1) is 15.3. The lowest BCUT2D eigenvalue weighted by Gasteiger charge is -2.37. The topological polar surface area (TPSA) is 85.6 Å². The minimum atomic E-state index is -2.30. The number of likely N-dealkylation sites (tertiary alicyclic amines) is 1. The summed E-state index contributed by atoms with van der Waals surface area (Å²) in [6, 6.07) is 4.91. The van der Waals surface area contributed by atoms with Crippen LogP contribution in [0.25, 0.3) is 0 Å². The first kappa shape index (κ1) is 23.0. The molecule has 0 saturated carbocycles. The Bertz CT molecular complexity index is 1050. The molecular weight excluding hydrogens is 420 g/mol. The van der Waals surface area contributed by atoms with Crippen molar-refractivity contribution in [1.82, 2.24) is 9.62 Å². The number of carbonyl (C=O) groups is 1. The molecule has 6 nitrogen and oxygen atoms in total. The number of benzene rings is 1. The van der Waals surface area contributed by atoms with Crippen molar-refractivity contribution in [2.24, 2.45) is 4.36 Å². The maximum absolute atomic E-state index is 12.7. The molecule has 7 heteroatoms. The van der Waals surface area contributed by atoms with Crippen molar-refractivity contribution in [3.8, 4) is 6.07 Å². The van der Waals surface area contributed by atoms with E-state index in [9.17, 15) is 14.3 Å². The number of thiol groups is 1. The highest BCUT2D eigenvalue weighted by atomic mass is 32.2. The summed E-state index contributed by atoms with van der Waals surface area (Å²) in [5.41, 5.74) is 6.71. The summed E-state index contributed by atoms with van der Waals surface area (Å²) in [5.74, 6) is -0.257. The summed E-state index contributed by atoms with van der Waals surface area (Å²) >= 11 is 0. The molecule has 1 aromatic carbocycles. The van der Waals surface area contributed by atoms with E-state index >= 15 is 0 Å². The lowest BCUT2D eigenvalue weighted by Crippen LogP contribution is -2.46. The lowest BCUT2D eigenvalue weighted by molar-refractivity contribution is -0.118. The van der Waals surface area contributed by atoms with E-state index in [1.807, 2.05) is 6.92 Å². The van der Waals surface area contributed by atoms with E-state index in [1.54, 1.807) is 0 Å². The molecule has 4 rings (SSSR count). The highest BCUT2D eigenvalue weighted by Crippen LogP contribution is 2.37. The van der Waals surface area contributed by atoms with E-state index in [1.165, 1.54) is 28.5 Å². The van der Waals surface area contributed by atoms with E-state index in [4.69, 9.17) is 0 Å². The van der Waals surface area contributed by atoms with Gasteiger partial charge in [0.2, 0.25) is 5.91 Å². The number of hydrogen-bond acceptors (Lipinski definition) is 5. The van der Waals surface area contributed by atoms with Crippen LogP contribution in [0.4, 0.5) is 0 Å². The largest absolute Gasteiger partial charge is 0.291 e. The molecule has 1 saturated heterocycles. The quantitative estimate of drug-likeness (QED) is 0.508. The third kappa shape index (κ3) is 4.35. The molecule has 2 atom stereocenters. The number of fused-ring (bicyclic) bond motifs is 2. The second kappa shape index (κ2) is 9.36. The van der Waals surface area contributed by atoms with Gasteiger partial charge in [0, 0.05) is 6.04 Å². The Kier molecular flexibility index (Phi) is 6.73. The van der Waals surface area contributed by atoms with E-state index < -0.39 is 16.3 Å². The molecule has 0 bridgehead atoms. The number of nitrogens with one attached hydrogen (secondary N) is 1. The third-order valence-corrected chi connectivity index (χ3v) is 8.23. The van der Waals surface area contributed by atoms with Crippen LogP contribution in [0.5, 0.6) is 0 Å². The van der Waals surface area contributed by atoms with Crippen LogP contribution < -0.4 is 4.72 Å². The monoisotopic (exact) mass is 454 g/mol. The number of rotatable bonds is 6. The van der Waals surface area contributed by atoms with Gasteiger partial charge in [-0.25, -0.2) is 4.21 Å². The van der Waals surface area contributed by atoms with Crippen LogP contribution in [0.1, 0.15) is 74.3 Å². The van der Waals surface area contributed by atoms with Gasteiger partial charge in [0.1, 0.15) is 10.8 Å². The second-order valence-electron chi connectivity index (χ2n) is 9.76. The van der Waals surface area contributed by atoms with Crippen molar-refractivity contribution in [1.29, 1.82) is 5.26 Å². The van der Waals surface area contributed by atoms with Gasteiger partial charge in [0.15, 0.2) is 0 Å².